The lowest BCUT2D eigenvalue weighted by atomic mass is 9.99. The SMILES string of the molecule is CCCCOC(=O)C(C)c1ccc(CC=C(C)C)cc1. The second kappa shape index (κ2) is 8.57. The molecule has 0 aliphatic heterocycles. The Bertz CT molecular complexity index is 439. The molecule has 1 aromatic rings. The van der Waals surface area contributed by atoms with E-state index in [4.69, 9.17) is 4.74 Å². The topological polar surface area (TPSA) is 26.3 Å². The first kappa shape index (κ1) is 16.5. The van der Waals surface area contributed by atoms with Crippen LogP contribution in [0, 0.1) is 0 Å². The van der Waals surface area contributed by atoms with Crippen molar-refractivity contribution in [2.45, 2.75) is 52.9 Å². The highest BCUT2D eigenvalue weighted by Crippen LogP contribution is 2.18. The monoisotopic (exact) mass is 274 g/mol. The first-order chi connectivity index (χ1) is 9.54. The van der Waals surface area contributed by atoms with Gasteiger partial charge >= 0.3 is 5.97 Å². The molecule has 2 nitrogen and oxygen atoms in total. The van der Waals surface area contributed by atoms with E-state index in [-0.39, 0.29) is 11.9 Å². The zero-order valence-electron chi connectivity index (χ0n) is 13.1. The van der Waals surface area contributed by atoms with Gasteiger partial charge in [-0.2, -0.15) is 0 Å². The van der Waals surface area contributed by atoms with Crippen LogP contribution in [0.3, 0.4) is 0 Å². The zero-order valence-corrected chi connectivity index (χ0v) is 13.1. The van der Waals surface area contributed by atoms with E-state index in [0.29, 0.717) is 6.61 Å². The average Bonchev–Trinajstić information content (AvgIpc) is 2.45. The van der Waals surface area contributed by atoms with Gasteiger partial charge in [0.1, 0.15) is 0 Å². The van der Waals surface area contributed by atoms with E-state index in [2.05, 4.69) is 39.0 Å². The van der Waals surface area contributed by atoms with Gasteiger partial charge in [-0.25, -0.2) is 0 Å². The highest BCUT2D eigenvalue weighted by molar-refractivity contribution is 5.77. The molecule has 0 saturated carbocycles. The van der Waals surface area contributed by atoms with Gasteiger partial charge in [-0.3, -0.25) is 4.79 Å². The summed E-state index contributed by atoms with van der Waals surface area (Å²) in [6.07, 6.45) is 5.12. The number of carbonyl (C=O) groups is 1. The van der Waals surface area contributed by atoms with Crippen molar-refractivity contribution in [2.24, 2.45) is 0 Å². The molecule has 0 N–H and O–H groups in total. The number of allylic oxidation sites excluding steroid dienone is 2. The largest absolute Gasteiger partial charge is 0.465 e. The van der Waals surface area contributed by atoms with Gasteiger partial charge in [-0.05, 0) is 44.7 Å². The fourth-order valence-electron chi connectivity index (χ4n) is 1.84. The fourth-order valence-corrected chi connectivity index (χ4v) is 1.84. The molecule has 110 valence electrons. The molecule has 0 heterocycles. The lowest BCUT2D eigenvalue weighted by Gasteiger charge is -2.12. The molecule has 1 aromatic carbocycles. The van der Waals surface area contributed by atoms with E-state index in [9.17, 15) is 4.79 Å². The van der Waals surface area contributed by atoms with Crippen LogP contribution in [-0.4, -0.2) is 12.6 Å². The number of rotatable bonds is 7. The summed E-state index contributed by atoms with van der Waals surface area (Å²) in [6.45, 7) is 8.71. The molecule has 0 spiro atoms. The molecular weight excluding hydrogens is 248 g/mol. The van der Waals surface area contributed by atoms with Crippen LogP contribution in [-0.2, 0) is 16.0 Å². The Hall–Kier alpha value is -1.57. The first-order valence-corrected chi connectivity index (χ1v) is 7.43. The van der Waals surface area contributed by atoms with E-state index in [0.717, 1.165) is 24.8 Å². The van der Waals surface area contributed by atoms with Crippen LogP contribution in [0.4, 0.5) is 0 Å². The maximum atomic E-state index is 11.9. The highest BCUT2D eigenvalue weighted by atomic mass is 16.5. The molecule has 2 heteroatoms. The summed E-state index contributed by atoms with van der Waals surface area (Å²) in [5.41, 5.74) is 3.61. The molecule has 1 rings (SSSR count). The Morgan fingerprint density at radius 1 is 1.25 bits per heavy atom. The zero-order chi connectivity index (χ0) is 15.0. The van der Waals surface area contributed by atoms with Crippen molar-refractivity contribution in [3.63, 3.8) is 0 Å². The van der Waals surface area contributed by atoms with Gasteiger partial charge < -0.3 is 4.74 Å². The lowest BCUT2D eigenvalue weighted by Crippen LogP contribution is -2.13. The third-order valence-electron chi connectivity index (χ3n) is 3.32. The van der Waals surface area contributed by atoms with Crippen molar-refractivity contribution in [1.82, 2.24) is 0 Å². The van der Waals surface area contributed by atoms with Crippen LogP contribution >= 0.6 is 0 Å². The number of hydrogen-bond donors (Lipinski definition) is 0. The van der Waals surface area contributed by atoms with Gasteiger partial charge in [0.15, 0.2) is 0 Å². The van der Waals surface area contributed by atoms with Gasteiger partial charge in [0, 0.05) is 0 Å². The predicted molar refractivity (Wildman–Crippen MR) is 83.9 cm³/mol. The third kappa shape index (κ3) is 5.60. The Morgan fingerprint density at radius 2 is 1.90 bits per heavy atom. The highest BCUT2D eigenvalue weighted by Gasteiger charge is 2.16. The quantitative estimate of drug-likeness (QED) is 0.411. The summed E-state index contributed by atoms with van der Waals surface area (Å²) >= 11 is 0. The van der Waals surface area contributed by atoms with Crippen LogP contribution in [0.5, 0.6) is 0 Å². The maximum absolute atomic E-state index is 11.9. The Kier molecular flexibility index (Phi) is 7.06. The van der Waals surface area contributed by atoms with Gasteiger partial charge in [0.05, 0.1) is 12.5 Å². The van der Waals surface area contributed by atoms with Crippen LogP contribution in [0.1, 0.15) is 57.6 Å². The number of ether oxygens (including phenoxy) is 1. The Morgan fingerprint density at radius 3 is 2.45 bits per heavy atom. The van der Waals surface area contributed by atoms with Crippen molar-refractivity contribution in [1.29, 1.82) is 0 Å². The van der Waals surface area contributed by atoms with Gasteiger partial charge in [0.25, 0.3) is 0 Å². The van der Waals surface area contributed by atoms with E-state index >= 15 is 0 Å². The van der Waals surface area contributed by atoms with Crippen LogP contribution in [0.2, 0.25) is 0 Å². The molecule has 0 fully saturated rings. The molecule has 0 radical (unpaired) electrons. The molecule has 20 heavy (non-hydrogen) atoms. The summed E-state index contributed by atoms with van der Waals surface area (Å²) < 4.78 is 5.26. The van der Waals surface area contributed by atoms with Crippen molar-refractivity contribution < 1.29 is 9.53 Å². The van der Waals surface area contributed by atoms with E-state index in [1.54, 1.807) is 0 Å². The van der Waals surface area contributed by atoms with E-state index in [1.807, 2.05) is 19.1 Å². The fraction of sp³-hybridized carbons (Fsp3) is 0.500. The molecule has 0 amide bonds. The summed E-state index contributed by atoms with van der Waals surface area (Å²) in [4.78, 5) is 11.9. The lowest BCUT2D eigenvalue weighted by molar-refractivity contribution is -0.145. The Labute approximate surface area is 122 Å². The molecule has 0 aliphatic carbocycles. The van der Waals surface area contributed by atoms with Gasteiger partial charge in [-0.15, -0.1) is 0 Å². The normalized spacial score (nSPS) is 11.8. The van der Waals surface area contributed by atoms with Gasteiger partial charge in [-0.1, -0.05) is 49.3 Å². The van der Waals surface area contributed by atoms with Crippen molar-refractivity contribution in [2.75, 3.05) is 6.61 Å². The number of esters is 1. The molecule has 1 atom stereocenters. The standard InChI is InChI=1S/C18H26O2/c1-5-6-13-20-18(19)15(4)17-11-9-16(10-12-17)8-7-14(2)3/h7,9-12,15H,5-6,8,13H2,1-4H3. The number of unbranched alkanes of at least 4 members (excludes halogenated alkanes) is 1. The number of carbonyl (C=O) groups excluding carboxylic acids is 1. The second-order valence-corrected chi connectivity index (χ2v) is 5.47. The van der Waals surface area contributed by atoms with Crippen LogP contribution < -0.4 is 0 Å². The molecule has 1 unspecified atom stereocenters. The summed E-state index contributed by atoms with van der Waals surface area (Å²) in [5, 5.41) is 0. The molecular formula is C18H26O2. The third-order valence-corrected chi connectivity index (χ3v) is 3.32. The Balaban J connectivity index is 2.58. The smallest absolute Gasteiger partial charge is 0.313 e. The minimum Gasteiger partial charge on any atom is -0.465 e. The van der Waals surface area contributed by atoms with E-state index in [1.165, 1.54) is 11.1 Å². The van der Waals surface area contributed by atoms with Crippen LogP contribution in [0.25, 0.3) is 0 Å². The van der Waals surface area contributed by atoms with Crippen molar-refractivity contribution >= 4 is 5.97 Å². The minimum atomic E-state index is -0.190. The predicted octanol–water partition coefficient (Wildman–Crippen LogP) is 4.64. The summed E-state index contributed by atoms with van der Waals surface area (Å²) in [6, 6.07) is 8.23. The van der Waals surface area contributed by atoms with E-state index < -0.39 is 0 Å². The average molecular weight is 274 g/mol. The van der Waals surface area contributed by atoms with Crippen molar-refractivity contribution in [3.05, 3.63) is 47.0 Å². The van der Waals surface area contributed by atoms with Gasteiger partial charge in [0.2, 0.25) is 0 Å². The molecule has 0 aliphatic rings. The first-order valence-electron chi connectivity index (χ1n) is 7.43. The van der Waals surface area contributed by atoms with Crippen molar-refractivity contribution in [3.8, 4) is 0 Å². The van der Waals surface area contributed by atoms with Crippen LogP contribution in [0.15, 0.2) is 35.9 Å². The minimum absolute atomic E-state index is 0.129. The molecule has 0 saturated heterocycles. The summed E-state index contributed by atoms with van der Waals surface area (Å²) in [7, 11) is 0. The molecule has 0 aromatic heterocycles. The number of benzene rings is 1. The number of hydrogen-bond acceptors (Lipinski definition) is 2. The maximum Gasteiger partial charge on any atom is 0.313 e. The molecule has 0 bridgehead atoms. The second-order valence-electron chi connectivity index (χ2n) is 5.47. The summed E-state index contributed by atoms with van der Waals surface area (Å²) in [5.74, 6) is -0.320.